The normalized spacial score (nSPS) is 18.3. The Morgan fingerprint density at radius 3 is 2.03 bits per heavy atom. The second kappa shape index (κ2) is 8.94. The lowest BCUT2D eigenvalue weighted by atomic mass is 9.85. The Kier molecular flexibility index (Phi) is 6.36. The second-order valence-electron chi connectivity index (χ2n) is 6.94. The van der Waals surface area contributed by atoms with Crippen molar-refractivity contribution in [3.63, 3.8) is 0 Å². The summed E-state index contributed by atoms with van der Waals surface area (Å²) in [6.07, 6.45) is 1.13. The maximum Gasteiger partial charge on any atom is 0.309 e. The summed E-state index contributed by atoms with van der Waals surface area (Å²) in [6, 6.07) is 9.18. The standard InChI is InChI=1S/C22H26O7/c1-25-17-6-5-13(9-18(17)26-2)7-15-12-29-22(24)16(15)8-14-10-19(27-3)21(23)20(11-14)28-4/h5-6,9-11,15-16,23H,7-8,12H2,1-4H3/t15-,16+/m0/s1. The minimum Gasteiger partial charge on any atom is -0.502 e. The molecule has 0 radical (unpaired) electrons. The number of carbonyl (C=O) groups excluding carboxylic acids is 1. The van der Waals surface area contributed by atoms with Crippen LogP contribution in [0.5, 0.6) is 28.7 Å². The molecule has 1 N–H and O–H groups in total. The van der Waals surface area contributed by atoms with E-state index in [1.807, 2.05) is 18.2 Å². The first-order valence-electron chi connectivity index (χ1n) is 9.32. The molecule has 1 aliphatic heterocycles. The molecular formula is C22H26O7. The lowest BCUT2D eigenvalue weighted by molar-refractivity contribution is -0.141. The van der Waals surface area contributed by atoms with E-state index in [0.29, 0.717) is 42.4 Å². The molecule has 0 spiro atoms. The van der Waals surface area contributed by atoms with Crippen LogP contribution in [0, 0.1) is 11.8 Å². The molecule has 7 heteroatoms. The smallest absolute Gasteiger partial charge is 0.309 e. The molecule has 1 aliphatic rings. The number of cyclic esters (lactones) is 1. The van der Waals surface area contributed by atoms with Crippen molar-refractivity contribution in [3.8, 4) is 28.7 Å². The first-order valence-corrected chi connectivity index (χ1v) is 9.32. The molecule has 156 valence electrons. The molecule has 0 aromatic heterocycles. The van der Waals surface area contributed by atoms with E-state index in [4.69, 9.17) is 23.7 Å². The molecule has 0 unspecified atom stereocenters. The highest BCUT2D eigenvalue weighted by atomic mass is 16.5. The van der Waals surface area contributed by atoms with Gasteiger partial charge in [-0.1, -0.05) is 6.07 Å². The fourth-order valence-electron chi connectivity index (χ4n) is 3.69. The topological polar surface area (TPSA) is 83.5 Å². The van der Waals surface area contributed by atoms with Crippen LogP contribution in [-0.2, 0) is 22.4 Å². The molecule has 0 saturated carbocycles. The van der Waals surface area contributed by atoms with Gasteiger partial charge in [0.2, 0.25) is 5.75 Å². The summed E-state index contributed by atoms with van der Waals surface area (Å²) < 4.78 is 26.4. The number of rotatable bonds is 8. The van der Waals surface area contributed by atoms with Crippen molar-refractivity contribution in [2.24, 2.45) is 11.8 Å². The van der Waals surface area contributed by atoms with Crippen molar-refractivity contribution in [1.29, 1.82) is 0 Å². The predicted octanol–water partition coefficient (Wildman–Crippen LogP) is 3.00. The Bertz CT molecular complexity index is 852. The van der Waals surface area contributed by atoms with Crippen LogP contribution < -0.4 is 18.9 Å². The highest BCUT2D eigenvalue weighted by Gasteiger charge is 2.37. The van der Waals surface area contributed by atoms with Crippen molar-refractivity contribution < 1.29 is 33.6 Å². The molecule has 29 heavy (non-hydrogen) atoms. The van der Waals surface area contributed by atoms with E-state index in [0.717, 1.165) is 11.1 Å². The molecule has 2 atom stereocenters. The zero-order chi connectivity index (χ0) is 21.0. The van der Waals surface area contributed by atoms with Gasteiger partial charge in [0.25, 0.3) is 0 Å². The van der Waals surface area contributed by atoms with E-state index < -0.39 is 0 Å². The van der Waals surface area contributed by atoms with Crippen molar-refractivity contribution in [2.75, 3.05) is 35.0 Å². The highest BCUT2D eigenvalue weighted by Crippen LogP contribution is 2.39. The molecule has 1 saturated heterocycles. The number of hydrogen-bond donors (Lipinski definition) is 1. The van der Waals surface area contributed by atoms with E-state index in [2.05, 4.69) is 0 Å². The van der Waals surface area contributed by atoms with E-state index in [1.54, 1.807) is 26.4 Å². The third kappa shape index (κ3) is 4.34. The van der Waals surface area contributed by atoms with Gasteiger partial charge in [0, 0.05) is 5.92 Å². The van der Waals surface area contributed by atoms with Crippen LogP contribution >= 0.6 is 0 Å². The minimum atomic E-state index is -0.304. The van der Waals surface area contributed by atoms with Crippen LogP contribution in [0.2, 0.25) is 0 Å². The van der Waals surface area contributed by atoms with E-state index in [9.17, 15) is 9.90 Å². The highest BCUT2D eigenvalue weighted by molar-refractivity contribution is 5.75. The summed E-state index contributed by atoms with van der Waals surface area (Å²) in [6.45, 7) is 0.365. The molecule has 1 fully saturated rings. The number of carbonyl (C=O) groups is 1. The van der Waals surface area contributed by atoms with Gasteiger partial charge in [-0.05, 0) is 48.2 Å². The zero-order valence-corrected chi connectivity index (χ0v) is 17.1. The molecule has 0 amide bonds. The number of benzene rings is 2. The third-order valence-corrected chi connectivity index (χ3v) is 5.25. The van der Waals surface area contributed by atoms with Crippen molar-refractivity contribution >= 4 is 5.97 Å². The van der Waals surface area contributed by atoms with Gasteiger partial charge in [-0.3, -0.25) is 4.79 Å². The Labute approximate surface area is 170 Å². The van der Waals surface area contributed by atoms with Gasteiger partial charge in [-0.15, -0.1) is 0 Å². The summed E-state index contributed by atoms with van der Waals surface area (Å²) in [5.74, 6) is 1.36. The number of phenolic OH excluding ortho intramolecular Hbond substituents is 1. The van der Waals surface area contributed by atoms with Gasteiger partial charge >= 0.3 is 5.97 Å². The van der Waals surface area contributed by atoms with Crippen molar-refractivity contribution in [1.82, 2.24) is 0 Å². The number of aromatic hydroxyl groups is 1. The molecule has 0 bridgehead atoms. The van der Waals surface area contributed by atoms with E-state index in [-0.39, 0.29) is 23.6 Å². The quantitative estimate of drug-likeness (QED) is 0.680. The summed E-state index contributed by atoms with van der Waals surface area (Å²) in [4.78, 5) is 12.4. The molecular weight excluding hydrogens is 376 g/mol. The minimum absolute atomic E-state index is 0.0198. The Hall–Kier alpha value is -3.09. The molecule has 2 aromatic rings. The van der Waals surface area contributed by atoms with Gasteiger partial charge in [0.1, 0.15) is 0 Å². The number of phenols is 1. The van der Waals surface area contributed by atoms with Gasteiger partial charge in [-0.2, -0.15) is 0 Å². The molecule has 0 aliphatic carbocycles. The summed E-state index contributed by atoms with van der Waals surface area (Å²) >= 11 is 0. The van der Waals surface area contributed by atoms with Crippen molar-refractivity contribution in [3.05, 3.63) is 41.5 Å². The van der Waals surface area contributed by atoms with Crippen LogP contribution in [0.3, 0.4) is 0 Å². The lowest BCUT2D eigenvalue weighted by Crippen LogP contribution is -2.20. The molecule has 3 rings (SSSR count). The molecule has 1 heterocycles. The third-order valence-electron chi connectivity index (χ3n) is 5.25. The Morgan fingerprint density at radius 2 is 1.45 bits per heavy atom. The second-order valence-corrected chi connectivity index (χ2v) is 6.94. The zero-order valence-electron chi connectivity index (χ0n) is 17.1. The maximum absolute atomic E-state index is 12.4. The number of esters is 1. The first-order chi connectivity index (χ1) is 14.0. The molecule has 2 aromatic carbocycles. The number of hydrogen-bond acceptors (Lipinski definition) is 7. The van der Waals surface area contributed by atoms with Crippen LogP contribution in [0.15, 0.2) is 30.3 Å². The van der Waals surface area contributed by atoms with Gasteiger partial charge < -0.3 is 28.8 Å². The summed E-state index contributed by atoms with van der Waals surface area (Å²) in [7, 11) is 6.14. The largest absolute Gasteiger partial charge is 0.502 e. The van der Waals surface area contributed by atoms with Crippen LogP contribution in [0.25, 0.3) is 0 Å². The Balaban J connectivity index is 1.81. The van der Waals surface area contributed by atoms with Gasteiger partial charge in [0.15, 0.2) is 23.0 Å². The first kappa shape index (κ1) is 20.6. The van der Waals surface area contributed by atoms with E-state index in [1.165, 1.54) is 14.2 Å². The average Bonchev–Trinajstić information content (AvgIpc) is 3.08. The fraction of sp³-hybridized carbons (Fsp3) is 0.409. The average molecular weight is 402 g/mol. The van der Waals surface area contributed by atoms with Crippen molar-refractivity contribution in [2.45, 2.75) is 12.8 Å². The number of methoxy groups -OCH3 is 4. The van der Waals surface area contributed by atoms with Gasteiger partial charge in [-0.25, -0.2) is 0 Å². The van der Waals surface area contributed by atoms with Crippen LogP contribution in [0.4, 0.5) is 0 Å². The molecule has 7 nitrogen and oxygen atoms in total. The SMILES string of the molecule is COc1ccc(C[C@H]2COC(=O)[C@@H]2Cc2cc(OC)c(O)c(OC)c2)cc1OC. The summed E-state index contributed by atoms with van der Waals surface area (Å²) in [5, 5.41) is 10.1. The fourth-order valence-corrected chi connectivity index (χ4v) is 3.69. The van der Waals surface area contributed by atoms with Gasteiger partial charge in [0.05, 0.1) is 41.0 Å². The Morgan fingerprint density at radius 1 is 0.862 bits per heavy atom. The lowest BCUT2D eigenvalue weighted by Gasteiger charge is -2.18. The van der Waals surface area contributed by atoms with E-state index >= 15 is 0 Å². The number of ether oxygens (including phenoxy) is 5. The van der Waals surface area contributed by atoms with Crippen LogP contribution in [-0.4, -0.2) is 46.1 Å². The maximum atomic E-state index is 12.4. The monoisotopic (exact) mass is 402 g/mol. The van der Waals surface area contributed by atoms with Crippen LogP contribution in [0.1, 0.15) is 11.1 Å². The predicted molar refractivity (Wildman–Crippen MR) is 106 cm³/mol. The summed E-state index contributed by atoms with van der Waals surface area (Å²) in [5.41, 5.74) is 1.87.